The quantitative estimate of drug-likeness (QED) is 0.707. The molecule has 0 aromatic carbocycles. The maximum atomic E-state index is 6.25. The summed E-state index contributed by atoms with van der Waals surface area (Å²) in [4.78, 5) is 8.36. The molecule has 70 valence electrons. The van der Waals surface area contributed by atoms with Crippen molar-refractivity contribution in [1.82, 2.24) is 9.97 Å². The van der Waals surface area contributed by atoms with Gasteiger partial charge in [0.05, 0.1) is 0 Å². The van der Waals surface area contributed by atoms with Crippen molar-refractivity contribution >= 4 is 0 Å². The molecule has 0 radical (unpaired) electrons. The van der Waals surface area contributed by atoms with Gasteiger partial charge < -0.3 is 5.73 Å². The molecule has 0 saturated heterocycles. The Hall–Kier alpha value is -0.960. The smallest absolute Gasteiger partial charge is 0.125 e. The molecule has 0 unspecified atom stereocenters. The molecule has 1 heterocycles. The summed E-state index contributed by atoms with van der Waals surface area (Å²) in [6.45, 7) is 1.89. The zero-order valence-electron chi connectivity index (χ0n) is 7.95. The molecule has 13 heavy (non-hydrogen) atoms. The van der Waals surface area contributed by atoms with Crippen molar-refractivity contribution in [3.05, 3.63) is 23.8 Å². The van der Waals surface area contributed by atoms with Crippen LogP contribution in [-0.2, 0) is 5.54 Å². The molecule has 2 rings (SSSR count). The molecule has 1 aliphatic rings. The van der Waals surface area contributed by atoms with E-state index in [1.165, 1.54) is 12.8 Å². The van der Waals surface area contributed by atoms with E-state index in [-0.39, 0.29) is 5.54 Å². The normalized spacial score (nSPS) is 20.5. The van der Waals surface area contributed by atoms with Crippen LogP contribution in [0.25, 0.3) is 0 Å². The fourth-order valence-corrected chi connectivity index (χ4v) is 1.94. The van der Waals surface area contributed by atoms with Crippen LogP contribution in [0.4, 0.5) is 0 Å². The predicted molar refractivity (Wildman–Crippen MR) is 51.1 cm³/mol. The monoisotopic (exact) mass is 177 g/mol. The average molecular weight is 177 g/mol. The van der Waals surface area contributed by atoms with E-state index < -0.39 is 0 Å². The molecule has 0 bridgehead atoms. The summed E-state index contributed by atoms with van der Waals surface area (Å²) in [7, 11) is 0. The van der Waals surface area contributed by atoms with Crippen molar-refractivity contribution in [3.8, 4) is 0 Å². The molecule has 1 aromatic heterocycles. The highest BCUT2D eigenvalue weighted by Gasteiger charge is 2.31. The minimum Gasteiger partial charge on any atom is -0.321 e. The summed E-state index contributed by atoms with van der Waals surface area (Å²) in [6.07, 6.45) is 8.33. The molecule has 1 saturated carbocycles. The molecule has 3 heteroatoms. The highest BCUT2D eigenvalue weighted by atomic mass is 14.9. The molecule has 0 spiro atoms. The van der Waals surface area contributed by atoms with Crippen LogP contribution in [0.5, 0.6) is 0 Å². The Morgan fingerprint density at radius 2 is 1.77 bits per heavy atom. The van der Waals surface area contributed by atoms with Crippen LogP contribution >= 0.6 is 0 Å². The van der Waals surface area contributed by atoms with Gasteiger partial charge in [-0.05, 0) is 19.8 Å². The molecule has 1 aromatic rings. The largest absolute Gasteiger partial charge is 0.321 e. The first-order valence-corrected chi connectivity index (χ1v) is 4.79. The minimum absolute atomic E-state index is 0.145. The van der Waals surface area contributed by atoms with Gasteiger partial charge in [-0.15, -0.1) is 0 Å². The molecule has 1 aliphatic carbocycles. The molecule has 0 atom stereocenters. The van der Waals surface area contributed by atoms with Crippen LogP contribution in [0.3, 0.4) is 0 Å². The molecule has 3 nitrogen and oxygen atoms in total. The lowest BCUT2D eigenvalue weighted by Crippen LogP contribution is -2.33. The number of hydrogen-bond donors (Lipinski definition) is 1. The Morgan fingerprint density at radius 1 is 1.23 bits per heavy atom. The number of rotatable bonds is 1. The van der Waals surface area contributed by atoms with E-state index in [0.717, 1.165) is 24.2 Å². The standard InChI is InChI=1S/C10H15N3/c1-8-12-6-9(7-13-8)10(11)4-2-3-5-10/h6-7H,2-5,11H2,1H3. The molecule has 0 amide bonds. The van der Waals surface area contributed by atoms with E-state index in [1.54, 1.807) is 0 Å². The van der Waals surface area contributed by atoms with Gasteiger partial charge in [0.2, 0.25) is 0 Å². The van der Waals surface area contributed by atoms with Gasteiger partial charge in [-0.2, -0.15) is 0 Å². The van der Waals surface area contributed by atoms with Gasteiger partial charge in [0.15, 0.2) is 0 Å². The van der Waals surface area contributed by atoms with E-state index in [0.29, 0.717) is 0 Å². The van der Waals surface area contributed by atoms with Crippen LogP contribution in [0.15, 0.2) is 12.4 Å². The van der Waals surface area contributed by atoms with E-state index >= 15 is 0 Å². The molecule has 0 aliphatic heterocycles. The lowest BCUT2D eigenvalue weighted by atomic mass is 9.92. The third-order valence-corrected chi connectivity index (χ3v) is 2.85. The van der Waals surface area contributed by atoms with E-state index in [2.05, 4.69) is 9.97 Å². The first kappa shape index (κ1) is 8.63. The van der Waals surface area contributed by atoms with Crippen molar-refractivity contribution < 1.29 is 0 Å². The first-order chi connectivity index (χ1) is 6.21. The third kappa shape index (κ3) is 1.56. The first-order valence-electron chi connectivity index (χ1n) is 4.79. The number of aryl methyl sites for hydroxylation is 1. The number of nitrogens with zero attached hydrogens (tertiary/aromatic N) is 2. The molecular formula is C10H15N3. The second-order valence-corrected chi connectivity index (χ2v) is 3.88. The van der Waals surface area contributed by atoms with Crippen LogP contribution in [0.2, 0.25) is 0 Å². The summed E-state index contributed by atoms with van der Waals surface area (Å²) in [5.74, 6) is 0.811. The average Bonchev–Trinajstić information content (AvgIpc) is 2.54. The van der Waals surface area contributed by atoms with Gasteiger partial charge in [0.1, 0.15) is 5.82 Å². The Morgan fingerprint density at radius 3 is 2.31 bits per heavy atom. The fourth-order valence-electron chi connectivity index (χ4n) is 1.94. The number of nitrogens with two attached hydrogens (primary N) is 1. The van der Waals surface area contributed by atoms with Crippen molar-refractivity contribution in [3.63, 3.8) is 0 Å². The van der Waals surface area contributed by atoms with Crippen LogP contribution < -0.4 is 5.73 Å². The minimum atomic E-state index is -0.145. The number of aromatic nitrogens is 2. The summed E-state index contributed by atoms with van der Waals surface area (Å²) in [5, 5.41) is 0. The second-order valence-electron chi connectivity index (χ2n) is 3.88. The van der Waals surface area contributed by atoms with Crippen LogP contribution in [0.1, 0.15) is 37.1 Å². The van der Waals surface area contributed by atoms with Gasteiger partial charge in [0, 0.05) is 23.5 Å². The summed E-state index contributed by atoms with van der Waals surface area (Å²) < 4.78 is 0. The fraction of sp³-hybridized carbons (Fsp3) is 0.600. The van der Waals surface area contributed by atoms with Gasteiger partial charge >= 0.3 is 0 Å². The topological polar surface area (TPSA) is 51.8 Å². The summed E-state index contributed by atoms with van der Waals surface area (Å²) in [6, 6.07) is 0. The van der Waals surface area contributed by atoms with Crippen molar-refractivity contribution in [1.29, 1.82) is 0 Å². The Labute approximate surface area is 78.4 Å². The van der Waals surface area contributed by atoms with Crippen molar-refractivity contribution in [2.75, 3.05) is 0 Å². The Kier molecular flexibility index (Phi) is 2.04. The summed E-state index contributed by atoms with van der Waals surface area (Å²) in [5.41, 5.74) is 7.20. The highest BCUT2D eigenvalue weighted by Crippen LogP contribution is 2.35. The van der Waals surface area contributed by atoms with E-state index in [9.17, 15) is 0 Å². The summed E-state index contributed by atoms with van der Waals surface area (Å²) >= 11 is 0. The zero-order chi connectivity index (χ0) is 9.31. The molecule has 2 N–H and O–H groups in total. The lowest BCUT2D eigenvalue weighted by Gasteiger charge is -2.22. The maximum absolute atomic E-state index is 6.25. The maximum Gasteiger partial charge on any atom is 0.125 e. The predicted octanol–water partition coefficient (Wildman–Crippen LogP) is 1.51. The lowest BCUT2D eigenvalue weighted by molar-refractivity contribution is 0.457. The van der Waals surface area contributed by atoms with Gasteiger partial charge in [-0.25, -0.2) is 9.97 Å². The number of hydrogen-bond acceptors (Lipinski definition) is 3. The van der Waals surface area contributed by atoms with Crippen LogP contribution in [-0.4, -0.2) is 9.97 Å². The van der Waals surface area contributed by atoms with E-state index in [4.69, 9.17) is 5.73 Å². The van der Waals surface area contributed by atoms with E-state index in [1.807, 2.05) is 19.3 Å². The Bertz CT molecular complexity index is 286. The van der Waals surface area contributed by atoms with Crippen molar-refractivity contribution in [2.24, 2.45) is 5.73 Å². The zero-order valence-corrected chi connectivity index (χ0v) is 7.95. The van der Waals surface area contributed by atoms with Gasteiger partial charge in [-0.3, -0.25) is 0 Å². The molecular weight excluding hydrogens is 162 g/mol. The van der Waals surface area contributed by atoms with Gasteiger partial charge in [-0.1, -0.05) is 12.8 Å². The van der Waals surface area contributed by atoms with Crippen LogP contribution in [0, 0.1) is 6.92 Å². The second kappa shape index (κ2) is 3.07. The molecule has 1 fully saturated rings. The van der Waals surface area contributed by atoms with Gasteiger partial charge in [0.25, 0.3) is 0 Å². The SMILES string of the molecule is Cc1ncc(C2(N)CCCC2)cn1. The Balaban J connectivity index is 2.29. The third-order valence-electron chi connectivity index (χ3n) is 2.85. The highest BCUT2D eigenvalue weighted by molar-refractivity contribution is 5.18. The van der Waals surface area contributed by atoms with Crippen molar-refractivity contribution in [2.45, 2.75) is 38.1 Å².